The van der Waals surface area contributed by atoms with E-state index >= 15 is 0 Å². The molecule has 4 nitrogen and oxygen atoms in total. The Morgan fingerprint density at radius 3 is 1.76 bits per heavy atom. The van der Waals surface area contributed by atoms with Crippen molar-refractivity contribution in [2.45, 2.75) is 97.8 Å². The maximum atomic E-state index is 12.7. The maximum Gasteiger partial charge on any atom is 0.148 e. The van der Waals surface area contributed by atoms with E-state index in [2.05, 4.69) is 263 Å². The van der Waals surface area contributed by atoms with E-state index in [4.69, 9.17) is 9.97 Å². The van der Waals surface area contributed by atoms with Gasteiger partial charge in [0.2, 0.25) is 0 Å². The Morgan fingerprint density at radius 2 is 1.09 bits per heavy atom. The molecule has 0 saturated carbocycles. The smallest absolute Gasteiger partial charge is 0.148 e. The fourth-order valence-electron chi connectivity index (χ4n) is 11.0. The van der Waals surface area contributed by atoms with Gasteiger partial charge in [0.15, 0.2) is 0 Å². The first kappa shape index (κ1) is 50.4. The predicted octanol–water partition coefficient (Wildman–Crippen LogP) is 18.1. The van der Waals surface area contributed by atoms with E-state index in [-0.39, 0.29) is 48.5 Å². The largest absolute Gasteiger partial charge is 0.507 e. The van der Waals surface area contributed by atoms with Crippen molar-refractivity contribution < 1.29 is 26.2 Å². The summed E-state index contributed by atoms with van der Waals surface area (Å²) >= 11 is 0. The Morgan fingerprint density at radius 1 is 0.500 bits per heavy atom. The first-order valence-corrected chi connectivity index (χ1v) is 25.7. The minimum atomic E-state index is -0.345. The quantitative estimate of drug-likeness (QED) is 0.162. The number of hydrogen-bond acceptors (Lipinski definition) is 3. The molecule has 0 atom stereocenters. The molecule has 74 heavy (non-hydrogen) atoms. The summed E-state index contributed by atoms with van der Waals surface area (Å²) in [6, 6.07) is 67.2. The summed E-state index contributed by atoms with van der Waals surface area (Å²) in [5.41, 5.74) is 21.1. The minimum Gasteiger partial charge on any atom is -0.507 e. The summed E-state index contributed by atoms with van der Waals surface area (Å²) in [6.07, 6.45) is 1.94. The van der Waals surface area contributed by atoms with Crippen molar-refractivity contribution in [3.05, 3.63) is 216 Å². The summed E-state index contributed by atoms with van der Waals surface area (Å²) in [6.45, 7) is 24.7. The molecule has 372 valence electrons. The zero-order chi connectivity index (χ0) is 51.2. The van der Waals surface area contributed by atoms with E-state index in [0.29, 0.717) is 11.4 Å². The van der Waals surface area contributed by atoms with Gasteiger partial charge in [-0.25, -0.2) is 4.98 Å². The van der Waals surface area contributed by atoms with Crippen LogP contribution in [0.15, 0.2) is 182 Å². The van der Waals surface area contributed by atoms with Gasteiger partial charge in [-0.2, -0.15) is 0 Å². The van der Waals surface area contributed by atoms with Crippen LogP contribution in [-0.2, 0) is 42.7 Å². The summed E-state index contributed by atoms with van der Waals surface area (Å²) in [4.78, 5) is 10.9. The molecular formula is C69H64N3OPt-. The van der Waals surface area contributed by atoms with E-state index < -0.39 is 0 Å². The van der Waals surface area contributed by atoms with E-state index in [0.717, 1.165) is 72.5 Å². The molecule has 2 heterocycles. The third-order valence-electron chi connectivity index (χ3n) is 15.1. The number of imidazole rings is 1. The molecule has 2 aromatic heterocycles. The SMILES string of the molecule is CC(C)(C)c1ccc(-n2c(-c3cc(C(C)(C)C)cc(C(C)(C)C)c3O)nc3c(-c4[c-]c(-c5cc(-c6ccc(-c7ccccc7)cc6)ccn5)c5c(c4)-c4ccccc4C5(C)C)cccc32)c(-c2ccccc2)c1.[Pt]. The van der Waals surface area contributed by atoms with Gasteiger partial charge < -0.3 is 5.11 Å². The molecule has 0 spiro atoms. The molecule has 0 amide bonds. The normalized spacial score (nSPS) is 13.1. The average Bonchev–Trinajstić information content (AvgIpc) is 3.87. The molecule has 0 saturated heterocycles. The number of pyridine rings is 1. The van der Waals surface area contributed by atoms with E-state index in [1.165, 1.54) is 38.9 Å². The molecule has 1 N–H and O–H groups in total. The topological polar surface area (TPSA) is 50.9 Å². The van der Waals surface area contributed by atoms with Crippen LogP contribution in [0.25, 0.3) is 95.0 Å². The summed E-state index contributed by atoms with van der Waals surface area (Å²) < 4.78 is 2.29. The second-order valence-electron chi connectivity index (χ2n) is 23.6. The van der Waals surface area contributed by atoms with Gasteiger partial charge in [0.1, 0.15) is 11.6 Å². The number of para-hydroxylation sites is 1. The van der Waals surface area contributed by atoms with Crippen LogP contribution < -0.4 is 0 Å². The molecule has 0 unspecified atom stereocenters. The Labute approximate surface area is 452 Å². The van der Waals surface area contributed by atoms with E-state index in [9.17, 15) is 5.11 Å². The van der Waals surface area contributed by atoms with Crippen LogP contribution in [0.2, 0.25) is 0 Å². The predicted molar refractivity (Wildman–Crippen MR) is 306 cm³/mol. The Kier molecular flexibility index (Phi) is 12.7. The second-order valence-corrected chi connectivity index (χ2v) is 23.6. The van der Waals surface area contributed by atoms with Crippen molar-refractivity contribution >= 4 is 11.0 Å². The van der Waals surface area contributed by atoms with Crippen LogP contribution in [0.1, 0.15) is 104 Å². The van der Waals surface area contributed by atoms with Crippen LogP contribution in [0, 0.1) is 6.07 Å². The molecule has 0 aliphatic heterocycles. The molecule has 0 bridgehead atoms. The summed E-state index contributed by atoms with van der Waals surface area (Å²) in [7, 11) is 0. The van der Waals surface area contributed by atoms with Crippen molar-refractivity contribution in [1.29, 1.82) is 0 Å². The van der Waals surface area contributed by atoms with Gasteiger partial charge in [0.25, 0.3) is 0 Å². The van der Waals surface area contributed by atoms with Crippen LogP contribution >= 0.6 is 0 Å². The Hall–Kier alpha value is -7.13. The maximum absolute atomic E-state index is 12.7. The third kappa shape index (κ3) is 8.85. The third-order valence-corrected chi connectivity index (χ3v) is 15.1. The molecule has 0 fully saturated rings. The molecule has 11 rings (SSSR count). The number of phenolic OH excluding ortho intramolecular Hbond substituents is 1. The van der Waals surface area contributed by atoms with Gasteiger partial charge >= 0.3 is 0 Å². The number of benzene rings is 8. The summed E-state index contributed by atoms with van der Waals surface area (Å²) in [5, 5.41) is 12.7. The Balaban J connectivity index is 0.00000626. The fraction of sp³-hybridized carbons (Fsp3) is 0.217. The molecular weight excluding hydrogens is 1080 g/mol. The number of fused-ring (bicyclic) bond motifs is 4. The van der Waals surface area contributed by atoms with Gasteiger partial charge in [0.05, 0.1) is 22.3 Å². The van der Waals surface area contributed by atoms with Gasteiger partial charge in [-0.3, -0.25) is 9.55 Å². The Bertz CT molecular complexity index is 3750. The zero-order valence-corrected chi connectivity index (χ0v) is 46.7. The van der Waals surface area contributed by atoms with Crippen LogP contribution in [0.5, 0.6) is 5.75 Å². The molecule has 1 aliphatic carbocycles. The number of nitrogens with zero attached hydrogens (tertiary/aromatic N) is 3. The first-order valence-electron chi connectivity index (χ1n) is 25.7. The van der Waals surface area contributed by atoms with Crippen LogP contribution in [0.3, 0.4) is 0 Å². The molecule has 8 aromatic carbocycles. The number of aromatic hydroxyl groups is 1. The summed E-state index contributed by atoms with van der Waals surface area (Å²) in [5.74, 6) is 0.926. The van der Waals surface area contributed by atoms with Gasteiger partial charge in [0, 0.05) is 44.1 Å². The fourth-order valence-corrected chi connectivity index (χ4v) is 11.0. The molecule has 0 radical (unpaired) electrons. The van der Waals surface area contributed by atoms with Crippen LogP contribution in [-0.4, -0.2) is 19.6 Å². The van der Waals surface area contributed by atoms with E-state index in [1.54, 1.807) is 0 Å². The second kappa shape index (κ2) is 18.7. The van der Waals surface area contributed by atoms with Crippen molar-refractivity contribution in [2.75, 3.05) is 0 Å². The van der Waals surface area contributed by atoms with E-state index in [1.807, 2.05) is 6.20 Å². The van der Waals surface area contributed by atoms with Gasteiger partial charge in [-0.05, 0) is 102 Å². The van der Waals surface area contributed by atoms with Gasteiger partial charge in [-0.15, -0.1) is 17.7 Å². The average molecular weight is 1150 g/mol. The molecule has 1 aliphatic rings. The van der Waals surface area contributed by atoms with Gasteiger partial charge in [-0.1, -0.05) is 238 Å². The standard InChI is InChI=1S/C69H64N3O.Pt/c1-66(2,3)49-33-34-60(53(40-49)46-23-16-13-17-24-46)72-61-28-20-26-51(63(61)71-65(72)56-41-50(67(4,5)6)42-58(64(56)73)68(7,8)9)48-37-54-52-25-18-19-27-57(52)69(10,11)62(54)55(38-48)59-39-47(35-36-70-59)45-31-29-44(30-32-45)43-21-14-12-15-22-43;/h12-37,39-42,73H,1-11H3;/q-1;. The van der Waals surface area contributed by atoms with Crippen molar-refractivity contribution in [2.24, 2.45) is 0 Å². The van der Waals surface area contributed by atoms with Crippen LogP contribution in [0.4, 0.5) is 0 Å². The number of phenols is 1. The number of rotatable bonds is 7. The molecule has 5 heteroatoms. The number of hydrogen-bond donors (Lipinski definition) is 1. The number of aromatic nitrogens is 3. The van der Waals surface area contributed by atoms with Crippen molar-refractivity contribution in [3.8, 4) is 89.7 Å². The zero-order valence-electron chi connectivity index (χ0n) is 44.4. The van der Waals surface area contributed by atoms with Crippen molar-refractivity contribution in [1.82, 2.24) is 14.5 Å². The minimum absolute atomic E-state index is 0. The monoisotopic (exact) mass is 1150 g/mol. The van der Waals surface area contributed by atoms with Crippen molar-refractivity contribution in [3.63, 3.8) is 0 Å². The first-order chi connectivity index (χ1) is 34.8. The molecule has 10 aromatic rings.